The van der Waals surface area contributed by atoms with E-state index in [1.54, 1.807) is 7.11 Å². The van der Waals surface area contributed by atoms with Crippen molar-refractivity contribution in [1.82, 2.24) is 10.1 Å². The van der Waals surface area contributed by atoms with Gasteiger partial charge in [-0.15, -0.1) is 0 Å². The topological polar surface area (TPSA) is 74.2 Å². The number of nitrogens with two attached hydrogens (primary N) is 1. The highest BCUT2D eigenvalue weighted by atomic mass is 16.5. The van der Waals surface area contributed by atoms with Gasteiger partial charge in [-0.3, -0.25) is 0 Å². The molecule has 120 valence electrons. The Balaban J connectivity index is 2.20. The Hall–Kier alpha value is -0.940. The number of aromatic nitrogens is 2. The fourth-order valence-corrected chi connectivity index (χ4v) is 3.43. The summed E-state index contributed by atoms with van der Waals surface area (Å²) in [4.78, 5) is 4.64. The summed E-state index contributed by atoms with van der Waals surface area (Å²) in [6, 6.07) is 0.255. The molecule has 21 heavy (non-hydrogen) atoms. The van der Waals surface area contributed by atoms with Gasteiger partial charge in [0.2, 0.25) is 11.7 Å². The molecule has 1 aliphatic carbocycles. The van der Waals surface area contributed by atoms with Crippen LogP contribution in [0.15, 0.2) is 4.52 Å². The summed E-state index contributed by atoms with van der Waals surface area (Å²) < 4.78 is 11.0. The lowest BCUT2D eigenvalue weighted by atomic mass is 9.61. The molecule has 0 aromatic carbocycles. The molecule has 2 rings (SSSR count). The first-order valence-electron chi connectivity index (χ1n) is 8.03. The van der Waals surface area contributed by atoms with E-state index >= 15 is 0 Å². The van der Waals surface area contributed by atoms with Crippen molar-refractivity contribution in [3.63, 3.8) is 0 Å². The van der Waals surface area contributed by atoms with Crippen LogP contribution >= 0.6 is 0 Å². The molecule has 4 unspecified atom stereocenters. The molecule has 1 aliphatic rings. The average Bonchev–Trinajstić information content (AvgIpc) is 2.91. The minimum absolute atomic E-state index is 0.0643. The lowest BCUT2D eigenvalue weighted by Crippen LogP contribution is -2.45. The summed E-state index contributed by atoms with van der Waals surface area (Å²) in [7, 11) is 1.70. The van der Waals surface area contributed by atoms with Gasteiger partial charge in [0.05, 0.1) is 0 Å². The number of ether oxygens (including phenoxy) is 1. The minimum Gasteiger partial charge on any atom is -0.373 e. The second-order valence-corrected chi connectivity index (χ2v) is 6.91. The molecule has 0 spiro atoms. The summed E-state index contributed by atoms with van der Waals surface area (Å²) in [6.45, 7) is 8.86. The fourth-order valence-electron chi connectivity index (χ4n) is 3.43. The minimum atomic E-state index is -0.0705. The summed E-state index contributed by atoms with van der Waals surface area (Å²) in [5.74, 6) is 2.12. The Kier molecular flexibility index (Phi) is 5.04. The van der Waals surface area contributed by atoms with E-state index in [9.17, 15) is 0 Å². The third-order valence-electron chi connectivity index (χ3n) is 5.38. The van der Waals surface area contributed by atoms with Gasteiger partial charge in [-0.25, -0.2) is 0 Å². The monoisotopic (exact) mass is 295 g/mol. The number of hydrogen-bond acceptors (Lipinski definition) is 5. The first kappa shape index (κ1) is 16.4. The van der Waals surface area contributed by atoms with E-state index in [0.29, 0.717) is 11.7 Å². The Morgan fingerprint density at radius 2 is 2.14 bits per heavy atom. The van der Waals surface area contributed by atoms with Crippen LogP contribution in [-0.4, -0.2) is 23.3 Å². The summed E-state index contributed by atoms with van der Waals surface area (Å²) in [6.07, 6.45) is 3.88. The Labute approximate surface area is 127 Å². The third-order valence-corrected chi connectivity index (χ3v) is 5.38. The molecule has 5 heteroatoms. The smallest absolute Gasteiger partial charge is 0.230 e. The van der Waals surface area contributed by atoms with Crippen molar-refractivity contribution in [1.29, 1.82) is 0 Å². The molecule has 0 amide bonds. The van der Waals surface area contributed by atoms with Crippen LogP contribution in [0.1, 0.15) is 77.1 Å². The van der Waals surface area contributed by atoms with Crippen molar-refractivity contribution in [2.24, 2.45) is 17.1 Å². The van der Waals surface area contributed by atoms with E-state index in [2.05, 4.69) is 37.8 Å². The Morgan fingerprint density at radius 1 is 1.43 bits per heavy atom. The molecule has 1 aromatic rings. The normalized spacial score (nSPS) is 30.3. The van der Waals surface area contributed by atoms with Gasteiger partial charge in [0, 0.05) is 19.1 Å². The van der Waals surface area contributed by atoms with E-state index in [-0.39, 0.29) is 23.5 Å². The van der Waals surface area contributed by atoms with Gasteiger partial charge in [0.25, 0.3) is 0 Å². The van der Waals surface area contributed by atoms with Crippen LogP contribution in [0.3, 0.4) is 0 Å². The molecule has 0 aliphatic heterocycles. The summed E-state index contributed by atoms with van der Waals surface area (Å²) >= 11 is 0. The van der Waals surface area contributed by atoms with E-state index < -0.39 is 0 Å². The van der Waals surface area contributed by atoms with Gasteiger partial charge in [0.15, 0.2) is 0 Å². The van der Waals surface area contributed by atoms with Crippen LogP contribution in [0.4, 0.5) is 0 Å². The summed E-state index contributed by atoms with van der Waals surface area (Å²) in [5.41, 5.74) is 6.29. The molecule has 0 saturated heterocycles. The highest BCUT2D eigenvalue weighted by Crippen LogP contribution is 2.49. The molecular weight excluding hydrogens is 266 g/mol. The zero-order valence-corrected chi connectivity index (χ0v) is 13.9. The van der Waals surface area contributed by atoms with Gasteiger partial charge >= 0.3 is 0 Å². The number of rotatable bonds is 5. The largest absolute Gasteiger partial charge is 0.373 e. The molecule has 2 N–H and O–H groups in total. The quantitative estimate of drug-likeness (QED) is 0.901. The van der Waals surface area contributed by atoms with Gasteiger partial charge in [-0.05, 0) is 30.6 Å². The van der Waals surface area contributed by atoms with Gasteiger partial charge < -0.3 is 15.0 Å². The van der Waals surface area contributed by atoms with E-state index in [1.807, 2.05) is 0 Å². The standard InChI is InChI=1S/C16H29N3O2/c1-6-7-13(20-5)14-18-15(21-19-14)11-8-9-12(17)10(2)16(11,3)4/h10-13H,6-9,17H2,1-5H3. The molecule has 5 nitrogen and oxygen atoms in total. The number of nitrogens with zero attached hydrogens (tertiary/aromatic N) is 2. The second-order valence-electron chi connectivity index (χ2n) is 6.91. The van der Waals surface area contributed by atoms with Crippen molar-refractivity contribution in [3.05, 3.63) is 11.7 Å². The van der Waals surface area contributed by atoms with Crippen LogP contribution < -0.4 is 5.73 Å². The number of hydrogen-bond donors (Lipinski definition) is 1. The Bertz CT molecular complexity index is 458. The zero-order valence-electron chi connectivity index (χ0n) is 13.9. The van der Waals surface area contributed by atoms with E-state index in [0.717, 1.165) is 31.6 Å². The predicted octanol–water partition coefficient (Wildman–Crippen LogP) is 3.42. The second kappa shape index (κ2) is 6.44. The zero-order chi connectivity index (χ0) is 15.6. The van der Waals surface area contributed by atoms with Crippen molar-refractivity contribution >= 4 is 0 Å². The van der Waals surface area contributed by atoms with Crippen LogP contribution in [0, 0.1) is 11.3 Å². The van der Waals surface area contributed by atoms with Crippen LogP contribution in [-0.2, 0) is 4.74 Å². The highest BCUT2D eigenvalue weighted by Gasteiger charge is 2.45. The number of methoxy groups -OCH3 is 1. The van der Waals surface area contributed by atoms with E-state index in [1.165, 1.54) is 0 Å². The molecule has 0 radical (unpaired) electrons. The van der Waals surface area contributed by atoms with Gasteiger partial charge in [-0.1, -0.05) is 39.3 Å². The SMILES string of the molecule is CCCC(OC)c1noc(C2CCC(N)C(C)C2(C)C)n1. The molecule has 1 aromatic heterocycles. The maximum Gasteiger partial charge on any atom is 0.230 e. The van der Waals surface area contributed by atoms with Crippen molar-refractivity contribution in [3.8, 4) is 0 Å². The van der Waals surface area contributed by atoms with Crippen LogP contribution in [0.5, 0.6) is 0 Å². The molecule has 4 atom stereocenters. The average molecular weight is 295 g/mol. The molecule has 0 bridgehead atoms. The van der Waals surface area contributed by atoms with Gasteiger partial charge in [0.1, 0.15) is 6.10 Å². The molecule has 1 fully saturated rings. The lowest BCUT2D eigenvalue weighted by molar-refractivity contribution is 0.0800. The Morgan fingerprint density at radius 3 is 2.76 bits per heavy atom. The maximum absolute atomic E-state index is 6.22. The van der Waals surface area contributed by atoms with Crippen molar-refractivity contribution < 1.29 is 9.26 Å². The predicted molar refractivity (Wildman–Crippen MR) is 81.9 cm³/mol. The molecule has 1 saturated carbocycles. The van der Waals surface area contributed by atoms with Gasteiger partial charge in [-0.2, -0.15) is 4.98 Å². The van der Waals surface area contributed by atoms with Crippen molar-refractivity contribution in [2.45, 2.75) is 71.4 Å². The first-order valence-corrected chi connectivity index (χ1v) is 8.03. The van der Waals surface area contributed by atoms with E-state index in [4.69, 9.17) is 15.0 Å². The summed E-state index contributed by atoms with van der Waals surface area (Å²) in [5, 5.41) is 4.15. The molecular formula is C16H29N3O2. The van der Waals surface area contributed by atoms with Crippen LogP contribution in [0.2, 0.25) is 0 Å². The maximum atomic E-state index is 6.22. The fraction of sp³-hybridized carbons (Fsp3) is 0.875. The lowest BCUT2D eigenvalue weighted by Gasteiger charge is -2.45. The first-order chi connectivity index (χ1) is 9.91. The highest BCUT2D eigenvalue weighted by molar-refractivity contribution is 5.07. The third kappa shape index (κ3) is 3.14. The molecule has 1 heterocycles. The van der Waals surface area contributed by atoms with Crippen molar-refractivity contribution in [2.75, 3.05) is 7.11 Å². The van der Waals surface area contributed by atoms with Crippen LogP contribution in [0.25, 0.3) is 0 Å².